The van der Waals surface area contributed by atoms with Gasteiger partial charge in [-0.2, -0.15) is 0 Å². The molecule has 0 aromatic carbocycles. The van der Waals surface area contributed by atoms with Crippen molar-refractivity contribution in [3.05, 3.63) is 11.7 Å². The van der Waals surface area contributed by atoms with Gasteiger partial charge >= 0.3 is 13.1 Å². The van der Waals surface area contributed by atoms with Crippen LogP contribution in [0.25, 0.3) is 0 Å². The summed E-state index contributed by atoms with van der Waals surface area (Å²) in [6, 6.07) is -0.374. The molecule has 0 aromatic heterocycles. The number of allylic oxidation sites excluding steroid dienone is 1. The highest BCUT2D eigenvalue weighted by molar-refractivity contribution is 6.54. The smallest absolute Gasteiger partial charge is 0.480 e. The van der Waals surface area contributed by atoms with Gasteiger partial charge in [0.15, 0.2) is 0 Å². The Kier molecular flexibility index (Phi) is 2.96. The fourth-order valence-electron chi connectivity index (χ4n) is 3.30. The molecule has 2 fully saturated rings. The third-order valence-electron chi connectivity index (χ3n) is 5.20. The number of carbonyl (C=O) groups is 1. The molecule has 3 aliphatic heterocycles. The summed E-state index contributed by atoms with van der Waals surface area (Å²) in [4.78, 5) is 13.2. The van der Waals surface area contributed by atoms with Crippen molar-refractivity contribution in [2.75, 3.05) is 6.54 Å². The maximum atomic E-state index is 11.3. The van der Waals surface area contributed by atoms with Crippen LogP contribution in [0, 0.1) is 5.92 Å². The van der Waals surface area contributed by atoms with Crippen molar-refractivity contribution in [2.45, 2.75) is 57.8 Å². The molecule has 2 saturated heterocycles. The highest BCUT2D eigenvalue weighted by Crippen LogP contribution is 2.43. The molecule has 3 rings (SSSR count). The van der Waals surface area contributed by atoms with Gasteiger partial charge in [-0.05, 0) is 58.1 Å². The Labute approximate surface area is 120 Å². The van der Waals surface area contributed by atoms with Crippen molar-refractivity contribution in [1.29, 1.82) is 0 Å². The number of carboxylic acids is 1. The zero-order chi connectivity index (χ0) is 14.7. The summed E-state index contributed by atoms with van der Waals surface area (Å²) in [6.07, 6.45) is 3.63. The summed E-state index contributed by atoms with van der Waals surface area (Å²) in [5, 5.41) is 9.30. The Morgan fingerprint density at radius 1 is 1.35 bits per heavy atom. The van der Waals surface area contributed by atoms with Crippen LogP contribution in [0.4, 0.5) is 0 Å². The minimum Gasteiger partial charge on any atom is -0.480 e. The number of carboxylic acid groups (broad SMARTS) is 1. The number of aliphatic carboxylic acids is 1. The van der Waals surface area contributed by atoms with Crippen molar-refractivity contribution >= 4 is 13.1 Å². The maximum Gasteiger partial charge on any atom is 0.492 e. The van der Waals surface area contributed by atoms with Gasteiger partial charge in [-0.15, -0.1) is 0 Å². The lowest BCUT2D eigenvalue weighted by molar-refractivity contribution is -0.142. The van der Waals surface area contributed by atoms with Crippen LogP contribution in [0.1, 0.15) is 40.5 Å². The van der Waals surface area contributed by atoms with E-state index in [9.17, 15) is 9.90 Å². The predicted molar refractivity (Wildman–Crippen MR) is 75.0 cm³/mol. The predicted octanol–water partition coefficient (Wildman–Crippen LogP) is 1.68. The average Bonchev–Trinajstić information content (AvgIpc) is 2.70. The van der Waals surface area contributed by atoms with Crippen LogP contribution in [-0.2, 0) is 14.1 Å². The highest BCUT2D eigenvalue weighted by atomic mass is 16.7. The van der Waals surface area contributed by atoms with Gasteiger partial charge < -0.3 is 19.3 Å². The number of rotatable bonds is 2. The molecule has 3 aliphatic rings. The number of nitrogens with zero attached hydrogens (tertiary/aromatic N) is 1. The topological polar surface area (TPSA) is 59.0 Å². The molecule has 0 aromatic rings. The number of hydrogen-bond acceptors (Lipinski definition) is 4. The Bertz CT molecular complexity index is 458. The molecular weight excluding hydrogens is 257 g/mol. The zero-order valence-electron chi connectivity index (χ0n) is 12.5. The second-order valence-corrected chi connectivity index (χ2v) is 7.07. The van der Waals surface area contributed by atoms with Crippen LogP contribution in [0.15, 0.2) is 11.7 Å². The van der Waals surface area contributed by atoms with E-state index in [0.717, 1.165) is 24.9 Å². The lowest BCUT2D eigenvalue weighted by atomic mass is 9.71. The Morgan fingerprint density at radius 2 is 1.95 bits per heavy atom. The van der Waals surface area contributed by atoms with E-state index in [2.05, 4.69) is 0 Å². The third-order valence-corrected chi connectivity index (χ3v) is 5.20. The van der Waals surface area contributed by atoms with Crippen molar-refractivity contribution < 1.29 is 19.2 Å². The summed E-state index contributed by atoms with van der Waals surface area (Å²) >= 11 is 0. The monoisotopic (exact) mass is 279 g/mol. The van der Waals surface area contributed by atoms with E-state index in [0.29, 0.717) is 0 Å². The Balaban J connectivity index is 1.81. The van der Waals surface area contributed by atoms with Gasteiger partial charge in [0, 0.05) is 6.54 Å². The van der Waals surface area contributed by atoms with Gasteiger partial charge in [-0.25, -0.2) is 4.79 Å². The fourth-order valence-corrected chi connectivity index (χ4v) is 3.30. The highest BCUT2D eigenvalue weighted by Gasteiger charge is 2.54. The minimum atomic E-state index is -0.725. The first-order chi connectivity index (χ1) is 9.21. The van der Waals surface area contributed by atoms with Crippen molar-refractivity contribution in [1.82, 2.24) is 4.90 Å². The van der Waals surface area contributed by atoms with E-state index in [1.54, 1.807) is 0 Å². The van der Waals surface area contributed by atoms with Gasteiger partial charge in [-0.1, -0.05) is 0 Å². The van der Waals surface area contributed by atoms with Gasteiger partial charge in [-0.3, -0.25) is 0 Å². The van der Waals surface area contributed by atoms with Crippen molar-refractivity contribution in [3.63, 3.8) is 0 Å². The largest absolute Gasteiger partial charge is 0.492 e. The van der Waals surface area contributed by atoms with Gasteiger partial charge in [0.05, 0.1) is 11.2 Å². The van der Waals surface area contributed by atoms with Gasteiger partial charge in [0.1, 0.15) is 6.04 Å². The molecule has 2 atom stereocenters. The van der Waals surface area contributed by atoms with Crippen LogP contribution < -0.4 is 0 Å². The quantitative estimate of drug-likeness (QED) is 0.779. The minimum absolute atomic E-state index is 0.173. The molecule has 0 aliphatic carbocycles. The Hall–Kier alpha value is -1.01. The average molecular weight is 279 g/mol. The molecule has 2 bridgehead atoms. The van der Waals surface area contributed by atoms with Gasteiger partial charge in [0.25, 0.3) is 0 Å². The summed E-state index contributed by atoms with van der Waals surface area (Å²) in [7, 11) is -0.349. The normalized spacial score (nSPS) is 34.3. The van der Waals surface area contributed by atoms with E-state index in [4.69, 9.17) is 9.31 Å². The summed E-state index contributed by atoms with van der Waals surface area (Å²) in [5.74, 6) is -0.553. The second kappa shape index (κ2) is 4.24. The van der Waals surface area contributed by atoms with Gasteiger partial charge in [0.2, 0.25) is 0 Å². The molecule has 20 heavy (non-hydrogen) atoms. The molecule has 110 valence electrons. The van der Waals surface area contributed by atoms with Crippen LogP contribution in [-0.4, -0.2) is 46.9 Å². The van der Waals surface area contributed by atoms with E-state index >= 15 is 0 Å². The van der Waals surface area contributed by atoms with Crippen LogP contribution in [0.2, 0.25) is 0 Å². The maximum absolute atomic E-state index is 11.3. The molecule has 0 amide bonds. The van der Waals surface area contributed by atoms with E-state index in [1.807, 2.05) is 38.8 Å². The first-order valence-corrected chi connectivity index (χ1v) is 7.26. The van der Waals surface area contributed by atoms with E-state index in [-0.39, 0.29) is 30.3 Å². The van der Waals surface area contributed by atoms with E-state index < -0.39 is 5.97 Å². The summed E-state index contributed by atoms with van der Waals surface area (Å²) < 4.78 is 12.1. The second-order valence-electron chi connectivity index (χ2n) is 7.07. The van der Waals surface area contributed by atoms with Crippen molar-refractivity contribution in [2.24, 2.45) is 5.92 Å². The third kappa shape index (κ3) is 1.97. The van der Waals surface area contributed by atoms with Crippen LogP contribution in [0.5, 0.6) is 0 Å². The molecule has 2 unspecified atom stereocenters. The van der Waals surface area contributed by atoms with E-state index in [1.165, 1.54) is 0 Å². The molecule has 6 heteroatoms. The standard InChI is InChI=1S/C14H22BNO4/c1-13(2)14(3,4)20-15(19-13)10-7-9-5-6-16(8-10)11(9)12(17)18/h8-9,11H,5-7H2,1-4H3,(H,17,18). The molecular formula is C14H22BNO4. The molecule has 3 heterocycles. The van der Waals surface area contributed by atoms with Crippen LogP contribution >= 0.6 is 0 Å². The Morgan fingerprint density at radius 3 is 2.45 bits per heavy atom. The first kappa shape index (κ1) is 14.0. The molecule has 1 N–H and O–H groups in total. The number of hydrogen-bond donors (Lipinski definition) is 1. The molecule has 5 nitrogen and oxygen atoms in total. The summed E-state index contributed by atoms with van der Waals surface area (Å²) in [6.45, 7) is 8.94. The summed E-state index contributed by atoms with van der Waals surface area (Å²) in [5.41, 5.74) is 0.372. The lowest BCUT2D eigenvalue weighted by Crippen LogP contribution is -2.41. The molecule has 0 saturated carbocycles. The lowest BCUT2D eigenvalue weighted by Gasteiger charge is -2.32. The fraction of sp³-hybridized carbons (Fsp3) is 0.786. The van der Waals surface area contributed by atoms with Crippen molar-refractivity contribution in [3.8, 4) is 0 Å². The molecule has 0 radical (unpaired) electrons. The van der Waals surface area contributed by atoms with Crippen LogP contribution in [0.3, 0.4) is 0 Å². The zero-order valence-corrected chi connectivity index (χ0v) is 12.5. The SMILES string of the molecule is CC1(C)OB(C2=CN3CCC(C2)C3C(=O)O)OC1(C)C. The molecule has 0 spiro atoms. The first-order valence-electron chi connectivity index (χ1n) is 7.26. The number of fused-ring (bicyclic) bond motifs is 2.